The first kappa shape index (κ1) is 20.2. The second kappa shape index (κ2) is 8.05. The fraction of sp³-hybridized carbons (Fsp3) is 0.421. The third-order valence-corrected chi connectivity index (χ3v) is 4.50. The molecule has 1 heterocycles. The molecule has 7 heteroatoms. The van der Waals surface area contributed by atoms with E-state index in [0.29, 0.717) is 17.8 Å². The highest BCUT2D eigenvalue weighted by atomic mass is 32.2. The van der Waals surface area contributed by atoms with Gasteiger partial charge in [0.25, 0.3) is 0 Å². The predicted octanol–water partition coefficient (Wildman–Crippen LogP) is 3.35. The van der Waals surface area contributed by atoms with Crippen molar-refractivity contribution >= 4 is 23.7 Å². The summed E-state index contributed by atoms with van der Waals surface area (Å²) in [5.41, 5.74) is 14.8. The molecule has 1 aromatic carbocycles. The summed E-state index contributed by atoms with van der Waals surface area (Å²) in [5.74, 6) is 0.586. The van der Waals surface area contributed by atoms with Crippen LogP contribution in [0.5, 0.6) is 0 Å². The molecule has 140 valence electrons. The van der Waals surface area contributed by atoms with Gasteiger partial charge < -0.3 is 16.2 Å². The lowest BCUT2D eigenvalue weighted by molar-refractivity contribution is 0.00688. The molecule has 0 aliphatic heterocycles. The lowest BCUT2D eigenvalue weighted by atomic mass is 9.97. The van der Waals surface area contributed by atoms with Gasteiger partial charge in [-0.1, -0.05) is 6.07 Å². The molecule has 0 radical (unpaired) electrons. The van der Waals surface area contributed by atoms with E-state index in [4.69, 9.17) is 16.2 Å². The molecule has 0 amide bonds. The Bertz CT molecular complexity index is 816. The molecule has 0 saturated heterocycles. The molecule has 2 aromatic rings. The maximum absolute atomic E-state index is 12.6. The molecular weight excluding hydrogens is 348 g/mol. The number of carbonyl (C=O) groups is 1. The molecule has 0 aliphatic carbocycles. The fourth-order valence-corrected chi connectivity index (χ4v) is 3.18. The number of nitrogens with zero attached hydrogens (tertiary/aromatic N) is 2. The second-order valence-electron chi connectivity index (χ2n) is 7.07. The molecule has 0 unspecified atom stereocenters. The molecule has 0 atom stereocenters. The average molecular weight is 375 g/mol. The maximum Gasteiger partial charge on any atom is 0.338 e. The quantitative estimate of drug-likeness (QED) is 0.470. The average Bonchev–Trinajstić information content (AvgIpc) is 2.50. The van der Waals surface area contributed by atoms with E-state index in [-0.39, 0.29) is 11.9 Å². The minimum atomic E-state index is -0.556. The van der Waals surface area contributed by atoms with Gasteiger partial charge >= 0.3 is 5.97 Å². The summed E-state index contributed by atoms with van der Waals surface area (Å²) < 4.78 is 5.52. The molecule has 0 spiro atoms. The zero-order valence-electron chi connectivity index (χ0n) is 15.9. The largest absolute Gasteiger partial charge is 0.456 e. The number of thioether (sulfide) groups is 1. The predicted molar refractivity (Wildman–Crippen MR) is 106 cm³/mol. The van der Waals surface area contributed by atoms with Crippen LogP contribution in [0.2, 0.25) is 0 Å². The Morgan fingerprint density at radius 3 is 2.46 bits per heavy atom. The van der Waals surface area contributed by atoms with Crippen LogP contribution in [0, 0.1) is 13.8 Å². The van der Waals surface area contributed by atoms with Gasteiger partial charge in [-0.2, -0.15) is 0 Å². The van der Waals surface area contributed by atoms with E-state index in [1.807, 2.05) is 52.8 Å². The van der Waals surface area contributed by atoms with Gasteiger partial charge in [0.1, 0.15) is 10.6 Å². The molecule has 2 rings (SSSR count). The lowest BCUT2D eigenvalue weighted by Crippen LogP contribution is -2.24. The van der Waals surface area contributed by atoms with E-state index in [0.717, 1.165) is 27.5 Å². The van der Waals surface area contributed by atoms with Crippen molar-refractivity contribution in [3.8, 4) is 11.3 Å². The summed E-state index contributed by atoms with van der Waals surface area (Å²) in [6.07, 6.45) is 0. The molecule has 0 fully saturated rings. The van der Waals surface area contributed by atoms with Crippen LogP contribution < -0.4 is 11.5 Å². The van der Waals surface area contributed by atoms with E-state index >= 15 is 0 Å². The van der Waals surface area contributed by atoms with E-state index in [1.165, 1.54) is 11.8 Å². The summed E-state index contributed by atoms with van der Waals surface area (Å²) in [6.45, 7) is 9.97. The van der Waals surface area contributed by atoms with Gasteiger partial charge in [0.05, 0.1) is 11.3 Å². The topological polar surface area (TPSA) is 104 Å². The van der Waals surface area contributed by atoms with Gasteiger partial charge in [-0.25, -0.2) is 14.8 Å². The highest BCUT2D eigenvalue weighted by molar-refractivity contribution is 7.99. The van der Waals surface area contributed by atoms with Crippen LogP contribution in [0.25, 0.3) is 11.3 Å². The van der Waals surface area contributed by atoms with Gasteiger partial charge in [-0.15, -0.1) is 11.8 Å². The zero-order chi connectivity index (χ0) is 19.5. The molecule has 6 nitrogen and oxygen atoms in total. The van der Waals surface area contributed by atoms with Crippen molar-refractivity contribution in [3.05, 3.63) is 34.9 Å². The van der Waals surface area contributed by atoms with Crippen LogP contribution in [0.3, 0.4) is 0 Å². The number of nitrogen functional groups attached to an aromatic ring is 1. The van der Waals surface area contributed by atoms with Gasteiger partial charge in [-0.3, -0.25) is 0 Å². The Morgan fingerprint density at radius 2 is 1.85 bits per heavy atom. The van der Waals surface area contributed by atoms with Crippen LogP contribution >= 0.6 is 11.8 Å². The van der Waals surface area contributed by atoms with E-state index in [1.54, 1.807) is 0 Å². The second-order valence-corrected chi connectivity index (χ2v) is 8.19. The Labute approximate surface area is 158 Å². The van der Waals surface area contributed by atoms with Crippen molar-refractivity contribution in [2.45, 2.75) is 45.2 Å². The summed E-state index contributed by atoms with van der Waals surface area (Å²) in [4.78, 5) is 21.1. The van der Waals surface area contributed by atoms with Crippen LogP contribution in [0.1, 0.15) is 42.3 Å². The summed E-state index contributed by atoms with van der Waals surface area (Å²) in [7, 11) is 0. The number of hydrogen-bond acceptors (Lipinski definition) is 7. The number of benzene rings is 1. The number of aryl methyl sites for hydroxylation is 2. The number of anilines is 1. The van der Waals surface area contributed by atoms with Crippen molar-refractivity contribution in [2.24, 2.45) is 5.73 Å². The van der Waals surface area contributed by atoms with E-state index in [9.17, 15) is 4.79 Å². The number of rotatable bonds is 5. The van der Waals surface area contributed by atoms with Crippen LogP contribution in [0.15, 0.2) is 23.2 Å². The number of ether oxygens (including phenoxy) is 1. The SMILES string of the molecule is Cc1cc(C)c(-c2cc(SCCN)nc(N)n2)cc1C(=O)OC(C)(C)C. The van der Waals surface area contributed by atoms with Crippen LogP contribution in [-0.4, -0.2) is 33.8 Å². The Balaban J connectivity index is 2.48. The highest BCUT2D eigenvalue weighted by Gasteiger charge is 2.21. The Hall–Kier alpha value is -2.12. The Morgan fingerprint density at radius 1 is 1.15 bits per heavy atom. The molecule has 0 saturated carbocycles. The minimum Gasteiger partial charge on any atom is -0.456 e. The first-order valence-electron chi connectivity index (χ1n) is 8.43. The number of aromatic nitrogens is 2. The van der Waals surface area contributed by atoms with Gasteiger partial charge in [0, 0.05) is 17.9 Å². The first-order chi connectivity index (χ1) is 12.1. The van der Waals surface area contributed by atoms with Crippen molar-refractivity contribution in [2.75, 3.05) is 18.0 Å². The van der Waals surface area contributed by atoms with Crippen LogP contribution in [-0.2, 0) is 4.74 Å². The third-order valence-electron chi connectivity index (χ3n) is 3.55. The first-order valence-corrected chi connectivity index (χ1v) is 9.41. The maximum atomic E-state index is 12.6. The van der Waals surface area contributed by atoms with Crippen molar-refractivity contribution in [1.29, 1.82) is 0 Å². The summed E-state index contributed by atoms with van der Waals surface area (Å²) >= 11 is 1.52. The minimum absolute atomic E-state index is 0.195. The molecule has 0 aliphatic rings. The van der Waals surface area contributed by atoms with Gasteiger partial charge in [0.15, 0.2) is 0 Å². The standard InChI is InChI=1S/C19H26N4O2S/c1-11-8-12(2)14(17(24)25-19(3,4)5)9-13(11)15-10-16(26-7-6-20)23-18(21)22-15/h8-10H,6-7,20H2,1-5H3,(H2,21,22,23). The molecule has 4 N–H and O–H groups in total. The number of hydrogen-bond donors (Lipinski definition) is 2. The molecular formula is C19H26N4O2S. The third kappa shape index (κ3) is 5.19. The Kier molecular flexibility index (Phi) is 6.26. The molecule has 0 bridgehead atoms. The zero-order valence-corrected chi connectivity index (χ0v) is 16.7. The van der Waals surface area contributed by atoms with Gasteiger partial charge in [-0.05, 0) is 57.9 Å². The fourth-order valence-electron chi connectivity index (χ4n) is 2.50. The monoisotopic (exact) mass is 374 g/mol. The molecule has 26 heavy (non-hydrogen) atoms. The normalized spacial score (nSPS) is 11.5. The van der Waals surface area contributed by atoms with Crippen molar-refractivity contribution in [3.63, 3.8) is 0 Å². The number of esters is 1. The smallest absolute Gasteiger partial charge is 0.338 e. The van der Waals surface area contributed by atoms with E-state index < -0.39 is 5.60 Å². The van der Waals surface area contributed by atoms with Gasteiger partial charge in [0.2, 0.25) is 5.95 Å². The number of nitrogens with two attached hydrogens (primary N) is 2. The summed E-state index contributed by atoms with van der Waals surface area (Å²) in [6, 6.07) is 5.64. The molecule has 1 aromatic heterocycles. The lowest BCUT2D eigenvalue weighted by Gasteiger charge is -2.21. The summed E-state index contributed by atoms with van der Waals surface area (Å²) in [5, 5.41) is 0.761. The number of carbonyl (C=O) groups excluding carboxylic acids is 1. The van der Waals surface area contributed by atoms with Crippen LogP contribution in [0.4, 0.5) is 5.95 Å². The van der Waals surface area contributed by atoms with Crippen molar-refractivity contribution in [1.82, 2.24) is 9.97 Å². The highest BCUT2D eigenvalue weighted by Crippen LogP contribution is 2.29. The van der Waals surface area contributed by atoms with Crippen molar-refractivity contribution < 1.29 is 9.53 Å². The van der Waals surface area contributed by atoms with E-state index in [2.05, 4.69) is 9.97 Å².